The molecule has 0 unspecified atom stereocenters. The summed E-state index contributed by atoms with van der Waals surface area (Å²) >= 11 is 0. The third-order valence-electron chi connectivity index (χ3n) is 5.54. The largest absolute Gasteiger partial charge is 0.494 e. The van der Waals surface area contributed by atoms with Crippen molar-refractivity contribution >= 4 is 0 Å². The summed E-state index contributed by atoms with van der Waals surface area (Å²) in [6.45, 7) is 6.28. The lowest BCUT2D eigenvalue weighted by atomic mass is 10.1. The molecule has 0 aromatic heterocycles. The summed E-state index contributed by atoms with van der Waals surface area (Å²) in [5.74, 6) is 1.00. The van der Waals surface area contributed by atoms with E-state index < -0.39 is 0 Å². The van der Waals surface area contributed by atoms with Crippen LogP contribution in [-0.4, -0.2) is 56.1 Å². The van der Waals surface area contributed by atoms with E-state index >= 15 is 0 Å². The highest BCUT2D eigenvalue weighted by Crippen LogP contribution is 2.15. The van der Waals surface area contributed by atoms with E-state index in [-0.39, 0.29) is 0 Å². The first-order valence-electron chi connectivity index (χ1n) is 11.5. The molecule has 0 atom stereocenters. The Labute approximate surface area is 172 Å². The van der Waals surface area contributed by atoms with E-state index in [1.54, 1.807) is 0 Å². The van der Waals surface area contributed by atoms with Crippen molar-refractivity contribution in [2.75, 3.05) is 46.1 Å². The van der Waals surface area contributed by atoms with Gasteiger partial charge in [-0.25, -0.2) is 0 Å². The second-order valence-corrected chi connectivity index (χ2v) is 7.96. The topological polar surface area (TPSA) is 41.9 Å². The van der Waals surface area contributed by atoms with Gasteiger partial charge in [-0.3, -0.25) is 4.90 Å². The molecule has 1 heterocycles. The number of nitrogens with zero attached hydrogens (tertiary/aromatic N) is 1. The molecule has 1 aromatic carbocycles. The molecule has 1 fully saturated rings. The maximum atomic E-state index is 8.75. The van der Waals surface area contributed by atoms with Crippen LogP contribution in [0.3, 0.4) is 0 Å². The Morgan fingerprint density at radius 3 is 2.04 bits per heavy atom. The smallest absolute Gasteiger partial charge is 0.119 e. The standard InChI is InChI=1S/C24H41NO3/c26-19-8-6-4-2-1-3-5-7-9-20-28-24-14-12-23(13-15-24)11-10-16-25-17-21-27-22-18-25/h12-15,26H,1-11,16-22H2. The number of rotatable bonds is 16. The average molecular weight is 392 g/mol. The van der Waals surface area contributed by atoms with Crippen LogP contribution in [0.25, 0.3) is 0 Å². The molecule has 0 radical (unpaired) electrons. The number of aliphatic hydroxyl groups is 1. The number of hydrogen-bond donors (Lipinski definition) is 1. The van der Waals surface area contributed by atoms with Crippen molar-refractivity contribution < 1.29 is 14.6 Å². The first-order valence-corrected chi connectivity index (χ1v) is 11.5. The molecule has 1 aromatic rings. The van der Waals surface area contributed by atoms with Crippen LogP contribution in [0.2, 0.25) is 0 Å². The molecular weight excluding hydrogens is 350 g/mol. The van der Waals surface area contributed by atoms with Gasteiger partial charge in [0.2, 0.25) is 0 Å². The van der Waals surface area contributed by atoms with Gasteiger partial charge in [0, 0.05) is 19.7 Å². The predicted octanol–water partition coefficient (Wildman–Crippen LogP) is 4.83. The summed E-state index contributed by atoms with van der Waals surface area (Å²) < 4.78 is 11.3. The van der Waals surface area contributed by atoms with E-state index in [1.807, 2.05) is 0 Å². The minimum Gasteiger partial charge on any atom is -0.494 e. The van der Waals surface area contributed by atoms with Crippen molar-refractivity contribution in [1.29, 1.82) is 0 Å². The van der Waals surface area contributed by atoms with Gasteiger partial charge in [0.1, 0.15) is 5.75 Å². The van der Waals surface area contributed by atoms with Crippen LogP contribution in [-0.2, 0) is 11.2 Å². The minimum absolute atomic E-state index is 0.345. The van der Waals surface area contributed by atoms with Gasteiger partial charge in [0.15, 0.2) is 0 Å². The maximum absolute atomic E-state index is 8.75. The summed E-state index contributed by atoms with van der Waals surface area (Å²) in [7, 11) is 0. The highest BCUT2D eigenvalue weighted by Gasteiger charge is 2.09. The fourth-order valence-electron chi connectivity index (χ4n) is 3.73. The number of morpholine rings is 1. The molecule has 0 spiro atoms. The Balaban J connectivity index is 1.43. The predicted molar refractivity (Wildman–Crippen MR) is 116 cm³/mol. The third-order valence-corrected chi connectivity index (χ3v) is 5.54. The van der Waals surface area contributed by atoms with Crippen molar-refractivity contribution in [3.8, 4) is 5.75 Å². The first-order chi connectivity index (χ1) is 13.9. The number of aliphatic hydroxyl groups excluding tert-OH is 1. The van der Waals surface area contributed by atoms with Crippen LogP contribution >= 0.6 is 0 Å². The molecule has 1 aliphatic heterocycles. The maximum Gasteiger partial charge on any atom is 0.119 e. The Kier molecular flexibility index (Phi) is 13.1. The number of ether oxygens (including phenoxy) is 2. The highest BCUT2D eigenvalue weighted by molar-refractivity contribution is 5.27. The van der Waals surface area contributed by atoms with Crippen molar-refractivity contribution in [3.63, 3.8) is 0 Å². The second-order valence-electron chi connectivity index (χ2n) is 7.96. The summed E-state index contributed by atoms with van der Waals surface area (Å²) in [5, 5.41) is 8.75. The van der Waals surface area contributed by atoms with Crippen LogP contribution in [0, 0.1) is 0 Å². The summed E-state index contributed by atoms with van der Waals surface area (Å²) in [6, 6.07) is 8.67. The zero-order chi connectivity index (χ0) is 19.7. The van der Waals surface area contributed by atoms with Crippen molar-refractivity contribution in [1.82, 2.24) is 4.90 Å². The zero-order valence-electron chi connectivity index (χ0n) is 17.7. The van der Waals surface area contributed by atoms with Gasteiger partial charge < -0.3 is 14.6 Å². The second kappa shape index (κ2) is 15.8. The molecule has 1 N–H and O–H groups in total. The highest BCUT2D eigenvalue weighted by atomic mass is 16.5. The van der Waals surface area contributed by atoms with Gasteiger partial charge in [-0.2, -0.15) is 0 Å². The summed E-state index contributed by atoms with van der Waals surface area (Å²) in [6.07, 6.45) is 13.5. The Morgan fingerprint density at radius 2 is 1.39 bits per heavy atom. The van der Waals surface area contributed by atoms with Crippen LogP contribution in [0.1, 0.15) is 69.8 Å². The molecule has 0 amide bonds. The number of aryl methyl sites for hydroxylation is 1. The van der Waals surface area contributed by atoms with Crippen LogP contribution in [0.4, 0.5) is 0 Å². The van der Waals surface area contributed by atoms with Gasteiger partial charge >= 0.3 is 0 Å². The zero-order valence-corrected chi connectivity index (χ0v) is 17.7. The number of benzene rings is 1. The normalized spacial score (nSPS) is 15.0. The third kappa shape index (κ3) is 11.0. The van der Waals surface area contributed by atoms with E-state index in [9.17, 15) is 0 Å². The molecule has 1 aliphatic rings. The quantitative estimate of drug-likeness (QED) is 0.410. The fourth-order valence-corrected chi connectivity index (χ4v) is 3.73. The monoisotopic (exact) mass is 391 g/mol. The number of unbranched alkanes of at least 4 members (excludes halogenated alkanes) is 8. The minimum atomic E-state index is 0.345. The molecule has 28 heavy (non-hydrogen) atoms. The van der Waals surface area contributed by atoms with Crippen molar-refractivity contribution in [2.45, 2.75) is 70.6 Å². The molecule has 4 nitrogen and oxygen atoms in total. The molecule has 0 bridgehead atoms. The van der Waals surface area contributed by atoms with E-state index in [2.05, 4.69) is 29.2 Å². The van der Waals surface area contributed by atoms with E-state index in [0.717, 1.165) is 57.9 Å². The van der Waals surface area contributed by atoms with Gasteiger partial charge in [-0.15, -0.1) is 0 Å². The summed E-state index contributed by atoms with van der Waals surface area (Å²) in [5.41, 5.74) is 1.40. The lowest BCUT2D eigenvalue weighted by Crippen LogP contribution is -2.36. The lowest BCUT2D eigenvalue weighted by Gasteiger charge is -2.26. The molecule has 4 heteroatoms. The van der Waals surface area contributed by atoms with Gasteiger partial charge in [0.05, 0.1) is 19.8 Å². The Hall–Kier alpha value is -1.10. The van der Waals surface area contributed by atoms with Crippen molar-refractivity contribution in [3.05, 3.63) is 29.8 Å². The van der Waals surface area contributed by atoms with E-state index in [1.165, 1.54) is 63.5 Å². The average Bonchev–Trinajstić information content (AvgIpc) is 2.74. The molecule has 160 valence electrons. The van der Waals surface area contributed by atoms with Gasteiger partial charge in [-0.1, -0.05) is 57.1 Å². The lowest BCUT2D eigenvalue weighted by molar-refractivity contribution is 0.0374. The van der Waals surface area contributed by atoms with Crippen LogP contribution in [0.5, 0.6) is 5.75 Å². The molecular formula is C24H41NO3. The van der Waals surface area contributed by atoms with Gasteiger partial charge in [0.25, 0.3) is 0 Å². The number of hydrogen-bond acceptors (Lipinski definition) is 4. The fraction of sp³-hybridized carbons (Fsp3) is 0.750. The Bertz CT molecular complexity index is 471. The first kappa shape index (κ1) is 23.2. The molecule has 1 saturated heterocycles. The SMILES string of the molecule is OCCCCCCCCCCCOc1ccc(CCCN2CCOCC2)cc1. The van der Waals surface area contributed by atoms with Crippen LogP contribution < -0.4 is 4.74 Å². The Morgan fingerprint density at radius 1 is 0.786 bits per heavy atom. The van der Waals surface area contributed by atoms with Crippen molar-refractivity contribution in [2.24, 2.45) is 0 Å². The van der Waals surface area contributed by atoms with E-state index in [0.29, 0.717) is 6.61 Å². The summed E-state index contributed by atoms with van der Waals surface area (Å²) in [4.78, 5) is 2.50. The molecule has 0 saturated carbocycles. The van der Waals surface area contributed by atoms with Gasteiger partial charge in [-0.05, 0) is 49.9 Å². The molecule has 0 aliphatic carbocycles. The van der Waals surface area contributed by atoms with Crippen LogP contribution in [0.15, 0.2) is 24.3 Å². The van der Waals surface area contributed by atoms with E-state index in [4.69, 9.17) is 14.6 Å². The molecule has 2 rings (SSSR count).